The number of ketones is 1. The standard InChI is InChI=1S/C23H23BrFNO4/c1-3-4-7-12-26-20(15-8-5-6-9-17(15)25)19(22(28)23(26)29)21(27)14-10-11-18(30-2)16(24)13-14/h5-6,8-11,13,20,27H,3-4,7,12H2,1-2H3/b21-19+. The average Bonchev–Trinajstić information content (AvgIpc) is 2.98. The van der Waals surface area contributed by atoms with Crippen LogP contribution in [-0.4, -0.2) is 35.4 Å². The first-order valence-electron chi connectivity index (χ1n) is 9.77. The molecule has 1 saturated heterocycles. The first-order valence-corrected chi connectivity index (χ1v) is 10.6. The normalized spacial score (nSPS) is 18.1. The number of unbranched alkanes of at least 4 members (excludes halogenated alkanes) is 2. The maximum Gasteiger partial charge on any atom is 0.295 e. The van der Waals surface area contributed by atoms with Gasteiger partial charge in [0, 0.05) is 17.7 Å². The van der Waals surface area contributed by atoms with Crippen LogP contribution in [0.5, 0.6) is 5.75 Å². The van der Waals surface area contributed by atoms with Crippen molar-refractivity contribution in [1.29, 1.82) is 0 Å². The molecule has 30 heavy (non-hydrogen) atoms. The SMILES string of the molecule is CCCCCN1C(=O)C(=O)/C(=C(/O)c2ccc(OC)c(Br)c2)C1c1ccccc1F. The Morgan fingerprint density at radius 3 is 2.57 bits per heavy atom. The maximum absolute atomic E-state index is 14.7. The van der Waals surface area contributed by atoms with Gasteiger partial charge in [0.05, 0.1) is 23.2 Å². The second-order valence-corrected chi connectivity index (χ2v) is 7.92. The van der Waals surface area contributed by atoms with Crippen molar-refractivity contribution in [2.75, 3.05) is 13.7 Å². The number of Topliss-reactive ketones (excluding diaryl/α,β-unsaturated/α-hetero) is 1. The van der Waals surface area contributed by atoms with Crippen molar-refractivity contribution in [2.45, 2.75) is 32.2 Å². The summed E-state index contributed by atoms with van der Waals surface area (Å²) in [6.07, 6.45) is 2.50. The highest BCUT2D eigenvalue weighted by Gasteiger charge is 2.46. The summed E-state index contributed by atoms with van der Waals surface area (Å²) in [5.74, 6) is -1.87. The molecule has 5 nitrogen and oxygen atoms in total. The number of likely N-dealkylation sites (tertiary alicyclic amines) is 1. The number of amides is 1. The van der Waals surface area contributed by atoms with Crippen LogP contribution < -0.4 is 4.74 Å². The summed E-state index contributed by atoms with van der Waals surface area (Å²) >= 11 is 3.36. The fraction of sp³-hybridized carbons (Fsp3) is 0.304. The van der Waals surface area contributed by atoms with Gasteiger partial charge < -0.3 is 14.7 Å². The van der Waals surface area contributed by atoms with E-state index < -0.39 is 23.5 Å². The van der Waals surface area contributed by atoms with Crippen molar-refractivity contribution in [1.82, 2.24) is 4.90 Å². The number of methoxy groups -OCH3 is 1. The van der Waals surface area contributed by atoms with Crippen molar-refractivity contribution < 1.29 is 23.8 Å². The lowest BCUT2D eigenvalue weighted by atomic mass is 9.95. The predicted molar refractivity (Wildman–Crippen MR) is 116 cm³/mol. The maximum atomic E-state index is 14.7. The van der Waals surface area contributed by atoms with Crippen LogP contribution in [0.25, 0.3) is 5.76 Å². The molecule has 7 heteroatoms. The monoisotopic (exact) mass is 475 g/mol. The first kappa shape index (κ1) is 22.0. The molecule has 1 unspecified atom stereocenters. The summed E-state index contributed by atoms with van der Waals surface area (Å²) in [5, 5.41) is 11.0. The predicted octanol–water partition coefficient (Wildman–Crippen LogP) is 5.21. The lowest BCUT2D eigenvalue weighted by Crippen LogP contribution is -2.31. The van der Waals surface area contributed by atoms with Crippen molar-refractivity contribution in [3.8, 4) is 5.75 Å². The highest BCUT2D eigenvalue weighted by Crippen LogP contribution is 2.41. The zero-order chi connectivity index (χ0) is 21.8. The number of aliphatic hydroxyl groups is 1. The minimum absolute atomic E-state index is 0.112. The molecular weight excluding hydrogens is 453 g/mol. The van der Waals surface area contributed by atoms with Gasteiger partial charge in [-0.3, -0.25) is 9.59 Å². The van der Waals surface area contributed by atoms with Crippen LogP contribution in [0.1, 0.15) is 43.4 Å². The lowest BCUT2D eigenvalue weighted by molar-refractivity contribution is -0.139. The fourth-order valence-corrected chi connectivity index (χ4v) is 4.17. The summed E-state index contributed by atoms with van der Waals surface area (Å²) in [6, 6.07) is 9.84. The average molecular weight is 476 g/mol. The van der Waals surface area contributed by atoms with E-state index in [2.05, 4.69) is 15.9 Å². The number of aliphatic hydroxyl groups excluding tert-OH is 1. The summed E-state index contributed by atoms with van der Waals surface area (Å²) in [6.45, 7) is 2.34. The summed E-state index contributed by atoms with van der Waals surface area (Å²) in [4.78, 5) is 27.0. The summed E-state index contributed by atoms with van der Waals surface area (Å²) in [7, 11) is 1.51. The van der Waals surface area contributed by atoms with E-state index in [4.69, 9.17) is 4.74 Å². The molecule has 2 aromatic carbocycles. The molecule has 0 saturated carbocycles. The van der Waals surface area contributed by atoms with Crippen LogP contribution in [0, 0.1) is 5.82 Å². The Bertz CT molecular complexity index is 1000. The molecule has 0 bridgehead atoms. The third-order valence-electron chi connectivity index (χ3n) is 5.17. The number of carbonyl (C=O) groups is 2. The molecule has 0 spiro atoms. The number of nitrogens with zero attached hydrogens (tertiary/aromatic N) is 1. The molecule has 1 atom stereocenters. The van der Waals surface area contributed by atoms with E-state index in [0.29, 0.717) is 28.8 Å². The van der Waals surface area contributed by atoms with Gasteiger partial charge in [-0.2, -0.15) is 0 Å². The quantitative estimate of drug-likeness (QED) is 0.258. The molecule has 1 N–H and O–H groups in total. The van der Waals surface area contributed by atoms with E-state index in [9.17, 15) is 19.1 Å². The van der Waals surface area contributed by atoms with Gasteiger partial charge in [-0.25, -0.2) is 4.39 Å². The van der Waals surface area contributed by atoms with E-state index in [1.165, 1.54) is 24.1 Å². The highest BCUT2D eigenvalue weighted by molar-refractivity contribution is 9.10. The molecular formula is C23H23BrFNO4. The number of halogens is 2. The van der Waals surface area contributed by atoms with Crippen LogP contribution in [-0.2, 0) is 9.59 Å². The molecule has 0 radical (unpaired) electrons. The number of benzene rings is 2. The van der Waals surface area contributed by atoms with Crippen molar-refractivity contribution in [3.63, 3.8) is 0 Å². The van der Waals surface area contributed by atoms with Gasteiger partial charge in [-0.05, 0) is 46.6 Å². The molecule has 1 aliphatic heterocycles. The van der Waals surface area contributed by atoms with Crippen LogP contribution in [0.3, 0.4) is 0 Å². The number of carbonyl (C=O) groups excluding carboxylic acids is 2. The zero-order valence-corrected chi connectivity index (χ0v) is 18.4. The lowest BCUT2D eigenvalue weighted by Gasteiger charge is -2.25. The van der Waals surface area contributed by atoms with Gasteiger partial charge in [-0.1, -0.05) is 38.0 Å². The number of hydrogen-bond acceptors (Lipinski definition) is 4. The van der Waals surface area contributed by atoms with E-state index in [1.54, 1.807) is 30.3 Å². The Morgan fingerprint density at radius 1 is 1.20 bits per heavy atom. The number of ether oxygens (including phenoxy) is 1. The Labute approximate surface area is 183 Å². The van der Waals surface area contributed by atoms with Crippen LogP contribution in [0.15, 0.2) is 52.5 Å². The largest absolute Gasteiger partial charge is 0.507 e. The van der Waals surface area contributed by atoms with E-state index in [0.717, 1.165) is 12.8 Å². The molecule has 0 aliphatic carbocycles. The second-order valence-electron chi connectivity index (χ2n) is 7.07. The second kappa shape index (κ2) is 9.43. The Morgan fingerprint density at radius 2 is 1.93 bits per heavy atom. The molecule has 158 valence electrons. The van der Waals surface area contributed by atoms with Gasteiger partial charge in [0.1, 0.15) is 17.3 Å². The zero-order valence-electron chi connectivity index (χ0n) is 16.8. The van der Waals surface area contributed by atoms with Gasteiger partial charge >= 0.3 is 0 Å². The third kappa shape index (κ3) is 4.12. The van der Waals surface area contributed by atoms with Gasteiger partial charge in [0.25, 0.3) is 11.7 Å². The Hall–Kier alpha value is -2.67. The van der Waals surface area contributed by atoms with Crippen LogP contribution in [0.4, 0.5) is 4.39 Å². The summed E-state index contributed by atoms with van der Waals surface area (Å²) < 4.78 is 20.5. The minimum Gasteiger partial charge on any atom is -0.507 e. The van der Waals surface area contributed by atoms with Gasteiger partial charge in [0.2, 0.25) is 0 Å². The van der Waals surface area contributed by atoms with E-state index in [-0.39, 0.29) is 16.9 Å². The van der Waals surface area contributed by atoms with Crippen molar-refractivity contribution in [3.05, 3.63) is 69.5 Å². The third-order valence-corrected chi connectivity index (χ3v) is 5.79. The number of hydrogen-bond donors (Lipinski definition) is 1. The molecule has 1 fully saturated rings. The molecule has 1 aliphatic rings. The molecule has 3 rings (SSSR count). The van der Waals surface area contributed by atoms with Crippen LogP contribution >= 0.6 is 15.9 Å². The van der Waals surface area contributed by atoms with Crippen molar-refractivity contribution >= 4 is 33.4 Å². The molecule has 0 aromatic heterocycles. The van der Waals surface area contributed by atoms with Crippen molar-refractivity contribution in [2.24, 2.45) is 0 Å². The van der Waals surface area contributed by atoms with E-state index >= 15 is 0 Å². The topological polar surface area (TPSA) is 66.8 Å². The minimum atomic E-state index is -0.982. The smallest absolute Gasteiger partial charge is 0.295 e. The first-order chi connectivity index (χ1) is 14.4. The molecule has 1 amide bonds. The molecule has 1 heterocycles. The fourth-order valence-electron chi connectivity index (χ4n) is 3.63. The van der Waals surface area contributed by atoms with E-state index in [1.807, 2.05) is 6.92 Å². The van der Waals surface area contributed by atoms with Gasteiger partial charge in [0.15, 0.2) is 0 Å². The number of rotatable bonds is 7. The van der Waals surface area contributed by atoms with Crippen LogP contribution in [0.2, 0.25) is 0 Å². The molecule has 2 aromatic rings. The van der Waals surface area contributed by atoms with Gasteiger partial charge in [-0.15, -0.1) is 0 Å². The Balaban J connectivity index is 2.15. The summed E-state index contributed by atoms with van der Waals surface area (Å²) in [5.41, 5.74) is 0.400. The Kier molecular flexibility index (Phi) is 6.92. The highest BCUT2D eigenvalue weighted by atomic mass is 79.9.